The van der Waals surface area contributed by atoms with Gasteiger partial charge in [-0.3, -0.25) is 14.9 Å². The maximum absolute atomic E-state index is 4.42. The number of aryl methyl sites for hydroxylation is 1. The molecule has 5 heteroatoms. The smallest absolute Gasteiger partial charge is 0.122 e. The summed E-state index contributed by atoms with van der Waals surface area (Å²) in [7, 11) is 2.02. The highest BCUT2D eigenvalue weighted by Crippen LogP contribution is 2.10. The third kappa shape index (κ3) is 3.77. The molecule has 3 aromatic rings. The van der Waals surface area contributed by atoms with Crippen LogP contribution in [0.2, 0.25) is 0 Å². The van der Waals surface area contributed by atoms with Crippen LogP contribution in [0.25, 0.3) is 0 Å². The Morgan fingerprint density at radius 1 is 0.818 bits per heavy atom. The zero-order valence-corrected chi connectivity index (χ0v) is 12.6. The molecule has 0 unspecified atom stereocenters. The van der Waals surface area contributed by atoms with E-state index in [1.54, 1.807) is 0 Å². The van der Waals surface area contributed by atoms with Gasteiger partial charge in [0.25, 0.3) is 0 Å². The minimum atomic E-state index is 0.761. The number of pyridine rings is 2. The highest BCUT2D eigenvalue weighted by molar-refractivity contribution is 5.06. The summed E-state index contributed by atoms with van der Waals surface area (Å²) in [6.45, 7) is 2.30. The normalized spacial score (nSPS) is 11.0. The summed E-state index contributed by atoms with van der Waals surface area (Å²) >= 11 is 0. The van der Waals surface area contributed by atoms with Crippen molar-refractivity contribution in [1.82, 2.24) is 24.4 Å². The summed E-state index contributed by atoms with van der Waals surface area (Å²) in [5.41, 5.74) is 2.10. The number of rotatable bonds is 6. The molecular weight excluding hydrogens is 274 g/mol. The van der Waals surface area contributed by atoms with E-state index in [4.69, 9.17) is 0 Å². The Morgan fingerprint density at radius 2 is 1.45 bits per heavy atom. The Labute approximate surface area is 130 Å². The maximum atomic E-state index is 4.42. The molecule has 22 heavy (non-hydrogen) atoms. The lowest BCUT2D eigenvalue weighted by molar-refractivity contribution is 0.233. The molecule has 0 aliphatic rings. The van der Waals surface area contributed by atoms with Gasteiger partial charge in [-0.15, -0.1) is 0 Å². The zero-order valence-electron chi connectivity index (χ0n) is 12.6. The lowest BCUT2D eigenvalue weighted by atomic mass is 10.3. The first-order valence-corrected chi connectivity index (χ1v) is 7.29. The molecule has 0 N–H and O–H groups in total. The summed E-state index contributed by atoms with van der Waals surface area (Å²) in [5.74, 6) is 1.03. The van der Waals surface area contributed by atoms with Gasteiger partial charge in [-0.05, 0) is 24.3 Å². The minimum absolute atomic E-state index is 0.761. The Balaban J connectivity index is 1.77. The Kier molecular flexibility index (Phi) is 4.56. The van der Waals surface area contributed by atoms with Gasteiger partial charge < -0.3 is 4.57 Å². The summed E-state index contributed by atoms with van der Waals surface area (Å²) in [4.78, 5) is 15.6. The van der Waals surface area contributed by atoms with Gasteiger partial charge in [-0.25, -0.2) is 4.98 Å². The van der Waals surface area contributed by atoms with Crippen LogP contribution in [-0.4, -0.2) is 24.4 Å². The van der Waals surface area contributed by atoms with Gasteiger partial charge in [-0.2, -0.15) is 0 Å². The fraction of sp³-hybridized carbons (Fsp3) is 0.235. The summed E-state index contributed by atoms with van der Waals surface area (Å²) in [6.07, 6.45) is 7.45. The van der Waals surface area contributed by atoms with E-state index < -0.39 is 0 Å². The third-order valence-electron chi connectivity index (χ3n) is 3.51. The second-order valence-corrected chi connectivity index (χ2v) is 5.24. The highest BCUT2D eigenvalue weighted by atomic mass is 15.2. The number of hydrogen-bond donors (Lipinski definition) is 0. The molecule has 0 spiro atoms. The van der Waals surface area contributed by atoms with Gasteiger partial charge >= 0.3 is 0 Å². The van der Waals surface area contributed by atoms with Crippen molar-refractivity contribution in [1.29, 1.82) is 0 Å². The van der Waals surface area contributed by atoms with Crippen molar-refractivity contribution in [2.45, 2.75) is 19.6 Å². The minimum Gasteiger partial charge on any atom is -0.337 e. The first-order valence-electron chi connectivity index (χ1n) is 7.29. The Morgan fingerprint density at radius 3 is 1.91 bits per heavy atom. The van der Waals surface area contributed by atoms with E-state index in [1.807, 2.05) is 72.8 Å². The number of imidazole rings is 1. The van der Waals surface area contributed by atoms with Crippen LogP contribution in [-0.2, 0) is 26.7 Å². The molecule has 112 valence electrons. The van der Waals surface area contributed by atoms with Gasteiger partial charge in [0.2, 0.25) is 0 Å². The van der Waals surface area contributed by atoms with Crippen molar-refractivity contribution in [3.05, 3.63) is 78.4 Å². The standard InChI is InChI=1S/C17H19N5/c1-21-11-10-20-17(21)14-22(12-15-6-2-4-8-18-15)13-16-7-3-5-9-19-16/h2-11H,12-14H2,1H3. The van der Waals surface area contributed by atoms with Gasteiger partial charge in [-0.1, -0.05) is 12.1 Å². The molecule has 0 aromatic carbocycles. The van der Waals surface area contributed by atoms with Crippen LogP contribution < -0.4 is 0 Å². The highest BCUT2D eigenvalue weighted by Gasteiger charge is 2.12. The predicted octanol–water partition coefficient (Wildman–Crippen LogP) is 2.41. The van der Waals surface area contributed by atoms with Crippen LogP contribution in [0.15, 0.2) is 61.2 Å². The number of aromatic nitrogens is 4. The van der Waals surface area contributed by atoms with Crippen molar-refractivity contribution in [2.24, 2.45) is 7.05 Å². The average Bonchev–Trinajstić information content (AvgIpc) is 2.94. The van der Waals surface area contributed by atoms with Crippen molar-refractivity contribution in [3.63, 3.8) is 0 Å². The lowest BCUT2D eigenvalue weighted by Gasteiger charge is -2.21. The molecule has 0 amide bonds. The van der Waals surface area contributed by atoms with Crippen LogP contribution in [0.4, 0.5) is 0 Å². The molecule has 0 aliphatic carbocycles. The molecule has 0 atom stereocenters. The molecule has 0 aliphatic heterocycles. The summed E-state index contributed by atoms with van der Waals surface area (Å²) in [5, 5.41) is 0. The van der Waals surface area contributed by atoms with Gasteiger partial charge in [0.15, 0.2) is 0 Å². The lowest BCUT2D eigenvalue weighted by Crippen LogP contribution is -2.25. The second-order valence-electron chi connectivity index (χ2n) is 5.24. The molecule has 3 heterocycles. The Hall–Kier alpha value is -2.53. The number of hydrogen-bond acceptors (Lipinski definition) is 4. The monoisotopic (exact) mass is 293 g/mol. The van der Waals surface area contributed by atoms with Gasteiger partial charge in [0.05, 0.1) is 17.9 Å². The largest absolute Gasteiger partial charge is 0.337 e. The van der Waals surface area contributed by atoms with E-state index >= 15 is 0 Å². The van der Waals surface area contributed by atoms with E-state index in [2.05, 4.69) is 19.9 Å². The van der Waals surface area contributed by atoms with Crippen LogP contribution in [0.5, 0.6) is 0 Å². The van der Waals surface area contributed by atoms with Crippen LogP contribution in [0.1, 0.15) is 17.2 Å². The molecule has 0 saturated heterocycles. The van der Waals surface area contributed by atoms with E-state index in [0.29, 0.717) is 0 Å². The average molecular weight is 293 g/mol. The topological polar surface area (TPSA) is 46.8 Å². The SMILES string of the molecule is Cn1ccnc1CN(Cc1ccccn1)Cc1ccccn1. The van der Waals surface area contributed by atoms with E-state index in [9.17, 15) is 0 Å². The number of nitrogens with zero attached hydrogens (tertiary/aromatic N) is 5. The summed E-state index contributed by atoms with van der Waals surface area (Å²) in [6, 6.07) is 12.0. The first-order chi connectivity index (χ1) is 10.8. The van der Waals surface area contributed by atoms with Crippen molar-refractivity contribution in [3.8, 4) is 0 Å². The van der Waals surface area contributed by atoms with Crippen LogP contribution in [0, 0.1) is 0 Å². The van der Waals surface area contributed by atoms with E-state index in [0.717, 1.165) is 36.8 Å². The van der Waals surface area contributed by atoms with Crippen molar-refractivity contribution < 1.29 is 0 Å². The second kappa shape index (κ2) is 6.95. The third-order valence-corrected chi connectivity index (χ3v) is 3.51. The molecule has 0 bridgehead atoms. The quantitative estimate of drug-likeness (QED) is 0.700. The fourth-order valence-corrected chi connectivity index (χ4v) is 2.36. The fourth-order valence-electron chi connectivity index (χ4n) is 2.36. The van der Waals surface area contributed by atoms with Gasteiger partial charge in [0, 0.05) is 44.9 Å². The van der Waals surface area contributed by atoms with E-state index in [1.165, 1.54) is 0 Å². The summed E-state index contributed by atoms with van der Waals surface area (Å²) < 4.78 is 2.05. The zero-order chi connectivity index (χ0) is 15.2. The van der Waals surface area contributed by atoms with Gasteiger partial charge in [0.1, 0.15) is 5.82 Å². The molecule has 0 radical (unpaired) electrons. The molecular formula is C17H19N5. The maximum Gasteiger partial charge on any atom is 0.122 e. The first kappa shape index (κ1) is 14.4. The molecule has 3 aromatic heterocycles. The van der Waals surface area contributed by atoms with Crippen molar-refractivity contribution >= 4 is 0 Å². The molecule has 0 fully saturated rings. The predicted molar refractivity (Wildman–Crippen MR) is 84.6 cm³/mol. The Bertz CT molecular complexity index is 652. The molecule has 3 rings (SSSR count). The van der Waals surface area contributed by atoms with E-state index in [-0.39, 0.29) is 0 Å². The molecule has 5 nitrogen and oxygen atoms in total. The van der Waals surface area contributed by atoms with Crippen LogP contribution in [0.3, 0.4) is 0 Å². The molecule has 0 saturated carbocycles. The van der Waals surface area contributed by atoms with Crippen molar-refractivity contribution in [2.75, 3.05) is 0 Å². The van der Waals surface area contributed by atoms with Crippen LogP contribution >= 0.6 is 0 Å².